The lowest BCUT2D eigenvalue weighted by Crippen LogP contribution is -2.18. The average Bonchev–Trinajstić information content (AvgIpc) is 2.31. The monoisotopic (exact) mass is 172 g/mol. The molecule has 1 saturated carbocycles. The van der Waals surface area contributed by atoms with Gasteiger partial charge in [0.25, 0.3) is 0 Å². The van der Waals surface area contributed by atoms with Crippen molar-refractivity contribution in [3.8, 4) is 0 Å². The van der Waals surface area contributed by atoms with Gasteiger partial charge in [-0.2, -0.15) is 0 Å². The van der Waals surface area contributed by atoms with Crippen molar-refractivity contribution in [3.63, 3.8) is 0 Å². The summed E-state index contributed by atoms with van der Waals surface area (Å²) < 4.78 is 11.5. The fourth-order valence-electron chi connectivity index (χ4n) is 2.65. The van der Waals surface area contributed by atoms with Crippen molar-refractivity contribution in [1.29, 1.82) is 0 Å². The van der Waals surface area contributed by atoms with Gasteiger partial charge in [-0.15, -0.1) is 0 Å². The highest BCUT2D eigenvalue weighted by molar-refractivity contribution is 7.92. The summed E-state index contributed by atoms with van der Waals surface area (Å²) in [7, 11) is 0. The number of hydrogen-bond donors (Lipinski definition) is 0. The summed E-state index contributed by atoms with van der Waals surface area (Å²) in [6.45, 7) is 4.62. The molecule has 1 aliphatic heterocycles. The summed E-state index contributed by atoms with van der Waals surface area (Å²) in [5.74, 6) is 1.77. The number of hydrogen-bond acceptors (Lipinski definition) is 1. The van der Waals surface area contributed by atoms with Crippen molar-refractivity contribution in [2.75, 3.05) is 5.75 Å². The van der Waals surface area contributed by atoms with Gasteiger partial charge < -0.3 is 4.55 Å². The average molecular weight is 172 g/mol. The van der Waals surface area contributed by atoms with E-state index >= 15 is 0 Å². The van der Waals surface area contributed by atoms with Crippen LogP contribution in [0.2, 0.25) is 0 Å². The molecule has 3 atom stereocenters. The van der Waals surface area contributed by atoms with E-state index in [1.807, 2.05) is 0 Å². The zero-order valence-electron chi connectivity index (χ0n) is 7.30. The van der Waals surface area contributed by atoms with Crippen molar-refractivity contribution in [2.24, 2.45) is 11.3 Å². The zero-order chi connectivity index (χ0) is 8.06. The molecule has 0 N–H and O–H groups in total. The second kappa shape index (κ2) is 2.40. The van der Waals surface area contributed by atoms with Crippen molar-refractivity contribution >= 4 is 11.2 Å². The zero-order valence-corrected chi connectivity index (χ0v) is 8.12. The molecular weight excluding hydrogens is 156 g/mol. The first-order valence-electron chi connectivity index (χ1n) is 4.46. The summed E-state index contributed by atoms with van der Waals surface area (Å²) in [5.41, 5.74) is 0.478. The normalized spacial score (nSPS) is 47.7. The third kappa shape index (κ3) is 1.31. The Labute approximate surface area is 71.7 Å². The molecule has 2 fully saturated rings. The smallest absolute Gasteiger partial charge is 0.119 e. The standard InChI is InChI=1S/C9H16OS/c1-9(2)5-7-3-4-11(10)8(7)6-9/h7-8H,3-6H2,1-2H3. The molecular formula is C9H16OS. The minimum Gasteiger partial charge on any atom is -0.616 e. The summed E-state index contributed by atoms with van der Waals surface area (Å²) in [5, 5.41) is 0.560. The van der Waals surface area contributed by atoms with Gasteiger partial charge in [0.15, 0.2) is 0 Å². The van der Waals surface area contributed by atoms with Gasteiger partial charge in [-0.3, -0.25) is 0 Å². The Hall–Kier alpha value is 0.310. The first-order valence-corrected chi connectivity index (χ1v) is 5.84. The molecule has 3 unspecified atom stereocenters. The molecule has 0 aromatic heterocycles. The van der Waals surface area contributed by atoms with E-state index in [2.05, 4.69) is 13.8 Å². The molecule has 64 valence electrons. The van der Waals surface area contributed by atoms with Crippen molar-refractivity contribution in [1.82, 2.24) is 0 Å². The van der Waals surface area contributed by atoms with E-state index in [1.54, 1.807) is 0 Å². The summed E-state index contributed by atoms with van der Waals surface area (Å²) in [6, 6.07) is 0. The van der Waals surface area contributed by atoms with Crippen LogP contribution in [0.1, 0.15) is 33.1 Å². The lowest BCUT2D eigenvalue weighted by molar-refractivity contribution is 0.357. The maximum atomic E-state index is 11.5. The predicted molar refractivity (Wildman–Crippen MR) is 47.9 cm³/mol. The predicted octanol–water partition coefficient (Wildman–Crippen LogP) is 1.94. The first-order chi connectivity index (χ1) is 5.08. The fraction of sp³-hybridized carbons (Fsp3) is 1.00. The van der Waals surface area contributed by atoms with Crippen LogP contribution < -0.4 is 0 Å². The fourth-order valence-corrected chi connectivity index (χ4v) is 4.79. The number of fused-ring (bicyclic) bond motifs is 1. The Morgan fingerprint density at radius 3 is 2.73 bits per heavy atom. The molecule has 1 heterocycles. The molecule has 2 heteroatoms. The van der Waals surface area contributed by atoms with Crippen LogP contribution in [-0.2, 0) is 11.2 Å². The van der Waals surface area contributed by atoms with Gasteiger partial charge in [-0.05, 0) is 18.3 Å². The van der Waals surface area contributed by atoms with Gasteiger partial charge in [0, 0.05) is 12.3 Å². The largest absolute Gasteiger partial charge is 0.616 e. The quantitative estimate of drug-likeness (QED) is 0.512. The van der Waals surface area contributed by atoms with E-state index in [9.17, 15) is 4.55 Å². The minimum atomic E-state index is -0.475. The van der Waals surface area contributed by atoms with Gasteiger partial charge in [0.2, 0.25) is 0 Å². The summed E-state index contributed by atoms with van der Waals surface area (Å²) in [4.78, 5) is 0. The van der Waals surface area contributed by atoms with Crippen molar-refractivity contribution in [2.45, 2.75) is 38.4 Å². The molecule has 2 rings (SSSR count). The van der Waals surface area contributed by atoms with Crippen LogP contribution in [0.5, 0.6) is 0 Å². The Balaban J connectivity index is 2.10. The topological polar surface area (TPSA) is 23.1 Å². The van der Waals surface area contributed by atoms with Crippen molar-refractivity contribution < 1.29 is 4.55 Å². The molecule has 1 saturated heterocycles. The molecule has 2 aliphatic rings. The molecule has 0 radical (unpaired) electrons. The molecule has 0 spiro atoms. The molecule has 0 aromatic carbocycles. The summed E-state index contributed by atoms with van der Waals surface area (Å²) in [6.07, 6.45) is 3.73. The Morgan fingerprint density at radius 2 is 2.09 bits per heavy atom. The number of rotatable bonds is 0. The highest BCUT2D eigenvalue weighted by Gasteiger charge is 2.49. The van der Waals surface area contributed by atoms with Crippen LogP contribution in [0, 0.1) is 11.3 Å². The highest BCUT2D eigenvalue weighted by Crippen LogP contribution is 2.49. The molecule has 1 nitrogen and oxygen atoms in total. The Kier molecular flexibility index (Phi) is 1.73. The third-order valence-corrected chi connectivity index (χ3v) is 4.99. The molecule has 0 aromatic rings. The van der Waals surface area contributed by atoms with Gasteiger partial charge >= 0.3 is 0 Å². The maximum absolute atomic E-state index is 11.5. The highest BCUT2D eigenvalue weighted by atomic mass is 32.2. The van der Waals surface area contributed by atoms with E-state index in [-0.39, 0.29) is 0 Å². The Morgan fingerprint density at radius 1 is 1.36 bits per heavy atom. The van der Waals surface area contributed by atoms with E-state index in [1.165, 1.54) is 19.3 Å². The maximum Gasteiger partial charge on any atom is 0.119 e. The third-order valence-electron chi connectivity index (χ3n) is 3.12. The van der Waals surface area contributed by atoms with Gasteiger partial charge in [0.1, 0.15) is 11.0 Å². The van der Waals surface area contributed by atoms with E-state index in [0.717, 1.165) is 11.7 Å². The lowest BCUT2D eigenvalue weighted by Gasteiger charge is -2.18. The lowest BCUT2D eigenvalue weighted by atomic mass is 9.90. The molecule has 0 amide bonds. The Bertz CT molecular complexity index is 167. The van der Waals surface area contributed by atoms with E-state index in [4.69, 9.17) is 0 Å². The van der Waals surface area contributed by atoms with Crippen LogP contribution in [-0.4, -0.2) is 15.6 Å². The van der Waals surface area contributed by atoms with Crippen LogP contribution in [0.4, 0.5) is 0 Å². The van der Waals surface area contributed by atoms with Gasteiger partial charge in [-0.25, -0.2) is 0 Å². The molecule has 11 heavy (non-hydrogen) atoms. The van der Waals surface area contributed by atoms with E-state index < -0.39 is 11.2 Å². The second-order valence-corrected chi connectivity index (χ2v) is 6.52. The van der Waals surface area contributed by atoms with Gasteiger partial charge in [-0.1, -0.05) is 25.0 Å². The second-order valence-electron chi connectivity index (χ2n) is 4.74. The van der Waals surface area contributed by atoms with Gasteiger partial charge in [0.05, 0.1) is 0 Å². The van der Waals surface area contributed by atoms with Crippen LogP contribution in [0.15, 0.2) is 0 Å². The molecule has 0 bridgehead atoms. The molecule has 1 aliphatic carbocycles. The van der Waals surface area contributed by atoms with Crippen molar-refractivity contribution in [3.05, 3.63) is 0 Å². The minimum absolute atomic E-state index is 0.475. The summed E-state index contributed by atoms with van der Waals surface area (Å²) >= 11 is -0.475. The van der Waals surface area contributed by atoms with Crippen LogP contribution in [0.25, 0.3) is 0 Å². The SMILES string of the molecule is CC1(C)CC2CC[S+]([O-])C2C1. The van der Waals surface area contributed by atoms with Crippen LogP contribution in [0.3, 0.4) is 0 Å². The van der Waals surface area contributed by atoms with Crippen LogP contribution >= 0.6 is 0 Å². The first kappa shape index (κ1) is 7.93. The van der Waals surface area contributed by atoms with E-state index in [0.29, 0.717) is 10.7 Å².